The first-order chi connectivity index (χ1) is 6.15. The molecule has 0 aliphatic carbocycles. The average Bonchev–Trinajstić information content (AvgIpc) is 2.36. The van der Waals surface area contributed by atoms with Crippen molar-refractivity contribution in [2.75, 3.05) is 7.11 Å². The van der Waals surface area contributed by atoms with Gasteiger partial charge in [0.1, 0.15) is 5.70 Å². The predicted octanol–water partition coefficient (Wildman–Crippen LogP) is 0.294. The van der Waals surface area contributed by atoms with E-state index in [0.29, 0.717) is 12.1 Å². The summed E-state index contributed by atoms with van der Waals surface area (Å²) in [6.07, 6.45) is 2.36. The van der Waals surface area contributed by atoms with Gasteiger partial charge >= 0.3 is 5.97 Å². The number of fused-ring (bicyclic) bond motifs is 1. The number of β-lactam (4-membered cyclic amide) rings is 1. The van der Waals surface area contributed by atoms with E-state index in [-0.39, 0.29) is 17.9 Å². The second-order valence-corrected chi connectivity index (χ2v) is 3.44. The predicted molar refractivity (Wildman–Crippen MR) is 44.5 cm³/mol. The van der Waals surface area contributed by atoms with Gasteiger partial charge in [0.15, 0.2) is 0 Å². The highest BCUT2D eigenvalue weighted by Gasteiger charge is 2.47. The molecule has 2 aliphatic rings. The fourth-order valence-corrected chi connectivity index (χ4v) is 1.89. The molecule has 2 rings (SSSR count). The van der Waals surface area contributed by atoms with Crippen LogP contribution < -0.4 is 0 Å². The number of carbonyl (C=O) groups is 2. The Morgan fingerprint density at radius 2 is 2.38 bits per heavy atom. The van der Waals surface area contributed by atoms with Gasteiger partial charge < -0.3 is 9.64 Å². The molecule has 1 amide bonds. The van der Waals surface area contributed by atoms with Gasteiger partial charge in [-0.2, -0.15) is 0 Å². The molecule has 0 spiro atoms. The highest BCUT2D eigenvalue weighted by molar-refractivity contribution is 5.98. The maximum atomic E-state index is 11.2. The summed E-state index contributed by atoms with van der Waals surface area (Å²) in [5, 5.41) is 0. The van der Waals surface area contributed by atoms with Crippen LogP contribution in [0.2, 0.25) is 0 Å². The van der Waals surface area contributed by atoms with E-state index in [0.717, 1.165) is 0 Å². The highest BCUT2D eigenvalue weighted by Crippen LogP contribution is 2.37. The quantitative estimate of drug-likeness (QED) is 0.431. The standard InChI is InChI=1S/C9H11NO3/c1-5-3-7(9(12)13-2)10-6(5)4-8(10)11/h3,5-6H,4H2,1-2H3/t5?,6-/m0/s1. The van der Waals surface area contributed by atoms with Crippen LogP contribution in [-0.2, 0) is 14.3 Å². The van der Waals surface area contributed by atoms with E-state index in [9.17, 15) is 9.59 Å². The Bertz CT molecular complexity index is 308. The topological polar surface area (TPSA) is 46.6 Å². The summed E-state index contributed by atoms with van der Waals surface area (Å²) < 4.78 is 4.58. The van der Waals surface area contributed by atoms with Crippen LogP contribution >= 0.6 is 0 Å². The number of ether oxygens (including phenoxy) is 1. The Labute approximate surface area is 76.2 Å². The van der Waals surface area contributed by atoms with Crippen LogP contribution in [0.3, 0.4) is 0 Å². The molecule has 0 bridgehead atoms. The second kappa shape index (κ2) is 2.58. The minimum absolute atomic E-state index is 0.0194. The van der Waals surface area contributed by atoms with Crippen LogP contribution in [0, 0.1) is 5.92 Å². The smallest absolute Gasteiger partial charge is 0.354 e. The molecule has 4 heteroatoms. The molecular weight excluding hydrogens is 170 g/mol. The van der Waals surface area contributed by atoms with Crippen molar-refractivity contribution in [3.8, 4) is 0 Å². The van der Waals surface area contributed by atoms with Gasteiger partial charge in [-0.15, -0.1) is 0 Å². The van der Waals surface area contributed by atoms with Crippen LogP contribution in [0.4, 0.5) is 0 Å². The van der Waals surface area contributed by atoms with Crippen molar-refractivity contribution in [2.24, 2.45) is 5.92 Å². The van der Waals surface area contributed by atoms with Gasteiger partial charge in [0, 0.05) is 6.42 Å². The lowest BCUT2D eigenvalue weighted by Crippen LogP contribution is -2.51. The van der Waals surface area contributed by atoms with E-state index in [1.165, 1.54) is 12.0 Å². The summed E-state index contributed by atoms with van der Waals surface area (Å²) >= 11 is 0. The molecule has 13 heavy (non-hydrogen) atoms. The molecule has 0 N–H and O–H groups in total. The first-order valence-corrected chi connectivity index (χ1v) is 4.27. The zero-order chi connectivity index (χ0) is 9.59. The number of rotatable bonds is 1. The third kappa shape index (κ3) is 0.978. The van der Waals surface area contributed by atoms with Crippen molar-refractivity contribution >= 4 is 11.9 Å². The van der Waals surface area contributed by atoms with Crippen molar-refractivity contribution in [1.82, 2.24) is 4.90 Å². The molecule has 4 nitrogen and oxygen atoms in total. The van der Waals surface area contributed by atoms with Crippen LogP contribution in [0.15, 0.2) is 11.8 Å². The Morgan fingerprint density at radius 3 is 2.92 bits per heavy atom. The lowest BCUT2D eigenvalue weighted by molar-refractivity contribution is -0.149. The van der Waals surface area contributed by atoms with Crippen LogP contribution in [0.5, 0.6) is 0 Å². The Hall–Kier alpha value is -1.32. The number of amides is 1. The normalized spacial score (nSPS) is 30.8. The summed E-state index contributed by atoms with van der Waals surface area (Å²) in [6, 6.07) is 0.196. The number of hydrogen-bond donors (Lipinski definition) is 0. The highest BCUT2D eigenvalue weighted by atomic mass is 16.5. The summed E-state index contributed by atoms with van der Waals surface area (Å²) in [5.74, 6) is -0.125. The fraction of sp³-hybridized carbons (Fsp3) is 0.556. The van der Waals surface area contributed by atoms with Gasteiger partial charge in [-0.3, -0.25) is 4.79 Å². The molecule has 2 heterocycles. The lowest BCUT2D eigenvalue weighted by Gasteiger charge is -2.37. The third-order valence-electron chi connectivity index (χ3n) is 2.67. The molecule has 2 atom stereocenters. The van der Waals surface area contributed by atoms with Gasteiger partial charge in [-0.25, -0.2) is 4.79 Å². The minimum Gasteiger partial charge on any atom is -0.464 e. The summed E-state index contributed by atoms with van der Waals surface area (Å²) in [7, 11) is 1.32. The van der Waals surface area contributed by atoms with E-state index in [4.69, 9.17) is 0 Å². The minimum atomic E-state index is -0.414. The molecule has 1 unspecified atom stereocenters. The molecule has 0 aromatic carbocycles. The van der Waals surface area contributed by atoms with Gasteiger partial charge in [0.2, 0.25) is 5.91 Å². The maximum absolute atomic E-state index is 11.2. The molecule has 0 radical (unpaired) electrons. The second-order valence-electron chi connectivity index (χ2n) is 3.44. The van der Waals surface area contributed by atoms with E-state index in [2.05, 4.69) is 4.74 Å². The Balaban J connectivity index is 2.24. The van der Waals surface area contributed by atoms with E-state index in [1.807, 2.05) is 6.92 Å². The Kier molecular flexibility index (Phi) is 1.65. The van der Waals surface area contributed by atoms with Crippen molar-refractivity contribution in [3.05, 3.63) is 11.8 Å². The number of esters is 1. The van der Waals surface area contributed by atoms with E-state index >= 15 is 0 Å². The van der Waals surface area contributed by atoms with Crippen LogP contribution in [-0.4, -0.2) is 29.9 Å². The maximum Gasteiger partial charge on any atom is 0.354 e. The zero-order valence-electron chi connectivity index (χ0n) is 7.61. The van der Waals surface area contributed by atoms with Crippen LogP contribution in [0.25, 0.3) is 0 Å². The molecular formula is C9H11NO3. The van der Waals surface area contributed by atoms with Gasteiger partial charge in [-0.1, -0.05) is 6.92 Å². The lowest BCUT2D eigenvalue weighted by atomic mass is 9.94. The molecule has 70 valence electrons. The molecule has 0 aromatic rings. The van der Waals surface area contributed by atoms with Gasteiger partial charge in [0.25, 0.3) is 0 Å². The summed E-state index contributed by atoms with van der Waals surface area (Å²) in [5.41, 5.74) is 0.413. The average molecular weight is 181 g/mol. The summed E-state index contributed by atoms with van der Waals surface area (Å²) in [6.45, 7) is 2.00. The molecule has 0 saturated carbocycles. The zero-order valence-corrected chi connectivity index (χ0v) is 7.61. The summed E-state index contributed by atoms with van der Waals surface area (Å²) in [4.78, 5) is 23.9. The molecule has 2 aliphatic heterocycles. The Morgan fingerprint density at radius 1 is 1.69 bits per heavy atom. The number of hydrogen-bond acceptors (Lipinski definition) is 3. The van der Waals surface area contributed by atoms with E-state index < -0.39 is 5.97 Å². The number of nitrogens with zero attached hydrogens (tertiary/aromatic N) is 1. The largest absolute Gasteiger partial charge is 0.464 e. The van der Waals surface area contributed by atoms with Crippen molar-refractivity contribution in [3.63, 3.8) is 0 Å². The molecule has 1 fully saturated rings. The fourth-order valence-electron chi connectivity index (χ4n) is 1.89. The number of carbonyl (C=O) groups excluding carboxylic acids is 2. The van der Waals surface area contributed by atoms with Gasteiger partial charge in [-0.05, 0) is 12.0 Å². The monoisotopic (exact) mass is 181 g/mol. The molecule has 0 aromatic heterocycles. The third-order valence-corrected chi connectivity index (χ3v) is 2.67. The van der Waals surface area contributed by atoms with Gasteiger partial charge in [0.05, 0.1) is 13.2 Å². The SMILES string of the molecule is COC(=O)C1=CC(C)[C@@H]2CC(=O)N12. The van der Waals surface area contributed by atoms with Crippen molar-refractivity contribution < 1.29 is 14.3 Å². The van der Waals surface area contributed by atoms with E-state index in [1.54, 1.807) is 6.08 Å². The number of methoxy groups -OCH3 is 1. The molecule has 1 saturated heterocycles. The first-order valence-electron chi connectivity index (χ1n) is 4.27. The van der Waals surface area contributed by atoms with Crippen molar-refractivity contribution in [1.29, 1.82) is 0 Å². The van der Waals surface area contributed by atoms with Crippen LogP contribution in [0.1, 0.15) is 13.3 Å². The van der Waals surface area contributed by atoms with Crippen molar-refractivity contribution in [2.45, 2.75) is 19.4 Å². The first kappa shape index (κ1) is 8.29.